The minimum Gasteiger partial charge on any atom is -0.494 e. The van der Waals surface area contributed by atoms with Crippen LogP contribution in [0.2, 0.25) is 0 Å². The van der Waals surface area contributed by atoms with E-state index in [4.69, 9.17) is 33.2 Å². The normalized spacial score (nSPS) is 13.5. The molecular weight excluding hydrogens is 785 g/mol. The highest BCUT2D eigenvalue weighted by Gasteiger charge is 2.25. The molecule has 0 heterocycles. The van der Waals surface area contributed by atoms with E-state index >= 15 is 0 Å². The smallest absolute Gasteiger partial charge is 0.162 e. The molecule has 0 aromatic heterocycles. The lowest BCUT2D eigenvalue weighted by atomic mass is 10.0. The zero-order valence-electron chi connectivity index (χ0n) is 43.7. The van der Waals surface area contributed by atoms with Crippen LogP contribution in [0.1, 0.15) is 287 Å². The first kappa shape index (κ1) is 61.6. The van der Waals surface area contributed by atoms with Gasteiger partial charge in [-0.15, -0.1) is 0 Å². The fraction of sp³-hybridized carbons (Fsp3) is 0.929. The number of rotatable bonds is 52. The summed E-state index contributed by atoms with van der Waals surface area (Å²) in [6.45, 7) is 21.2. The van der Waals surface area contributed by atoms with Crippen LogP contribution in [0.5, 0.6) is 0 Å². The van der Waals surface area contributed by atoms with Crippen molar-refractivity contribution in [2.24, 2.45) is 0 Å². The molecule has 0 saturated heterocycles. The van der Waals surface area contributed by atoms with E-state index < -0.39 is 0 Å². The molecule has 0 saturated carbocycles. The standard InChI is InChI=1S/C56H110O7/c1-9-17-23-29-35-43-53(55(60-47-39-33-27-21-13-5)51(41-15-7)58-45-37-31-25-19-11-3)62-49-57-50-63-54(44-36-30-24-18-10-2)56(61-48-40-34-28-22-14-6)52(42-16-8)59-46-38-32-26-20-12-4/h53-54H,9-50H2,1-8H3. The summed E-state index contributed by atoms with van der Waals surface area (Å²) in [5, 5.41) is 0. The molecule has 0 aromatic carbocycles. The number of ether oxygens (including phenoxy) is 7. The number of hydrogen-bond donors (Lipinski definition) is 0. The third-order valence-electron chi connectivity index (χ3n) is 12.0. The van der Waals surface area contributed by atoms with Gasteiger partial charge < -0.3 is 33.2 Å². The highest BCUT2D eigenvalue weighted by atomic mass is 16.7. The van der Waals surface area contributed by atoms with Crippen LogP contribution < -0.4 is 0 Å². The van der Waals surface area contributed by atoms with Gasteiger partial charge in [-0.2, -0.15) is 0 Å². The lowest BCUT2D eigenvalue weighted by Gasteiger charge is -2.26. The molecule has 2 unspecified atom stereocenters. The minimum absolute atomic E-state index is 0.135. The van der Waals surface area contributed by atoms with E-state index in [9.17, 15) is 0 Å². The molecule has 7 heteroatoms. The molecule has 0 rings (SSSR count). The van der Waals surface area contributed by atoms with Crippen molar-refractivity contribution in [3.8, 4) is 0 Å². The van der Waals surface area contributed by atoms with Gasteiger partial charge in [-0.25, -0.2) is 0 Å². The summed E-state index contributed by atoms with van der Waals surface area (Å²) in [7, 11) is 0. The Morgan fingerprint density at radius 3 is 0.841 bits per heavy atom. The summed E-state index contributed by atoms with van der Waals surface area (Å²) in [6, 6.07) is 0. The van der Waals surface area contributed by atoms with E-state index in [1.165, 1.54) is 154 Å². The van der Waals surface area contributed by atoms with Crippen LogP contribution >= 0.6 is 0 Å². The van der Waals surface area contributed by atoms with Gasteiger partial charge in [-0.3, -0.25) is 0 Å². The average molecular weight is 895 g/mol. The van der Waals surface area contributed by atoms with Crippen LogP contribution in [0.3, 0.4) is 0 Å². The van der Waals surface area contributed by atoms with Gasteiger partial charge in [0, 0.05) is 12.8 Å². The van der Waals surface area contributed by atoms with Gasteiger partial charge in [0.05, 0.1) is 26.4 Å². The maximum Gasteiger partial charge on any atom is 0.162 e. The summed E-state index contributed by atoms with van der Waals surface area (Å²) < 4.78 is 46.5. The zero-order chi connectivity index (χ0) is 46.1. The van der Waals surface area contributed by atoms with Crippen molar-refractivity contribution < 1.29 is 33.2 Å². The minimum atomic E-state index is -0.216. The van der Waals surface area contributed by atoms with E-state index in [0.717, 1.165) is 113 Å². The molecule has 0 aromatic rings. The molecule has 2 atom stereocenters. The molecule has 0 fully saturated rings. The van der Waals surface area contributed by atoms with Crippen molar-refractivity contribution in [2.45, 2.75) is 299 Å². The van der Waals surface area contributed by atoms with Gasteiger partial charge >= 0.3 is 0 Å². The molecule has 0 N–H and O–H groups in total. The van der Waals surface area contributed by atoms with Gasteiger partial charge in [0.2, 0.25) is 0 Å². The first-order chi connectivity index (χ1) is 31.1. The van der Waals surface area contributed by atoms with E-state index in [2.05, 4.69) is 55.4 Å². The SMILES string of the molecule is CCCCCCCOC(CCC)=C(OCCCCCCC)C(CCCCCCC)OCOCOC(CCCCCCC)C(OCCCCCCC)=C(CCC)OCCCCCCC. The lowest BCUT2D eigenvalue weighted by molar-refractivity contribution is -0.167. The second-order valence-electron chi connectivity index (χ2n) is 18.3. The van der Waals surface area contributed by atoms with E-state index in [0.29, 0.717) is 13.2 Å². The molecule has 63 heavy (non-hydrogen) atoms. The molecule has 0 aliphatic carbocycles. The van der Waals surface area contributed by atoms with Gasteiger partial charge in [-0.1, -0.05) is 222 Å². The molecule has 7 nitrogen and oxygen atoms in total. The Bertz CT molecular complexity index is 905. The van der Waals surface area contributed by atoms with E-state index in [1.54, 1.807) is 0 Å². The maximum absolute atomic E-state index is 6.76. The van der Waals surface area contributed by atoms with Crippen LogP contribution in [0.4, 0.5) is 0 Å². The number of unbranched alkanes of at least 4 members (excludes halogenated alkanes) is 24. The van der Waals surface area contributed by atoms with Crippen LogP contribution in [0.25, 0.3) is 0 Å². The summed E-state index contributed by atoms with van der Waals surface area (Å²) >= 11 is 0. The molecule has 0 amide bonds. The Kier molecular flexibility index (Phi) is 48.8. The number of hydrogen-bond acceptors (Lipinski definition) is 7. The Hall–Kier alpha value is -1.44. The summed E-state index contributed by atoms with van der Waals surface area (Å²) in [5.74, 6) is 3.77. The van der Waals surface area contributed by atoms with Crippen molar-refractivity contribution in [3.05, 3.63) is 23.0 Å². The van der Waals surface area contributed by atoms with Crippen molar-refractivity contribution in [2.75, 3.05) is 40.0 Å². The third kappa shape index (κ3) is 37.4. The fourth-order valence-corrected chi connectivity index (χ4v) is 8.01. The molecule has 0 aliphatic rings. The first-order valence-corrected chi connectivity index (χ1v) is 27.9. The maximum atomic E-state index is 6.76. The lowest BCUT2D eigenvalue weighted by Crippen LogP contribution is -2.25. The Morgan fingerprint density at radius 2 is 0.556 bits per heavy atom. The summed E-state index contributed by atoms with van der Waals surface area (Å²) in [5.41, 5.74) is 0. The van der Waals surface area contributed by atoms with Crippen molar-refractivity contribution in [1.82, 2.24) is 0 Å². The molecule has 376 valence electrons. The predicted octanol–water partition coefficient (Wildman–Crippen LogP) is 18.4. The van der Waals surface area contributed by atoms with E-state index in [-0.39, 0.29) is 25.8 Å². The second kappa shape index (κ2) is 50.0. The first-order valence-electron chi connectivity index (χ1n) is 27.9. The van der Waals surface area contributed by atoms with E-state index in [1.807, 2.05) is 0 Å². The van der Waals surface area contributed by atoms with Crippen molar-refractivity contribution >= 4 is 0 Å². The topological polar surface area (TPSA) is 64.6 Å². The van der Waals surface area contributed by atoms with Crippen molar-refractivity contribution in [1.29, 1.82) is 0 Å². The quantitative estimate of drug-likeness (QED) is 0.0342. The molecule has 0 radical (unpaired) electrons. The molecular formula is C56H110O7. The van der Waals surface area contributed by atoms with Crippen molar-refractivity contribution in [3.63, 3.8) is 0 Å². The highest BCUT2D eigenvalue weighted by molar-refractivity contribution is 5.09. The predicted molar refractivity (Wildman–Crippen MR) is 270 cm³/mol. The highest BCUT2D eigenvalue weighted by Crippen LogP contribution is 2.27. The summed E-state index contributed by atoms with van der Waals surface area (Å²) in [6.07, 6.45) is 41.3. The summed E-state index contributed by atoms with van der Waals surface area (Å²) in [4.78, 5) is 0. The van der Waals surface area contributed by atoms with Gasteiger partial charge in [0.25, 0.3) is 0 Å². The third-order valence-corrected chi connectivity index (χ3v) is 12.0. The second-order valence-corrected chi connectivity index (χ2v) is 18.3. The Balaban J connectivity index is 6.36. The van der Waals surface area contributed by atoms with Gasteiger partial charge in [-0.05, 0) is 51.4 Å². The molecule has 0 spiro atoms. The Labute approximate surface area is 393 Å². The van der Waals surface area contributed by atoms with Gasteiger partial charge in [0.1, 0.15) is 23.7 Å². The van der Waals surface area contributed by atoms with Crippen LogP contribution in [0, 0.1) is 0 Å². The monoisotopic (exact) mass is 895 g/mol. The van der Waals surface area contributed by atoms with Crippen LogP contribution in [-0.4, -0.2) is 52.2 Å². The fourth-order valence-electron chi connectivity index (χ4n) is 8.01. The largest absolute Gasteiger partial charge is 0.494 e. The van der Waals surface area contributed by atoms with Crippen LogP contribution in [0.15, 0.2) is 23.0 Å². The molecule has 0 bridgehead atoms. The Morgan fingerprint density at radius 1 is 0.286 bits per heavy atom. The molecule has 0 aliphatic heterocycles. The zero-order valence-corrected chi connectivity index (χ0v) is 43.7. The van der Waals surface area contributed by atoms with Crippen LogP contribution in [-0.2, 0) is 33.2 Å². The average Bonchev–Trinajstić information content (AvgIpc) is 3.29. The van der Waals surface area contributed by atoms with Gasteiger partial charge in [0.15, 0.2) is 25.1 Å². The number of allylic oxidation sites excluding steroid dienone is 2.